The molecule has 134 valence electrons. The van der Waals surface area contributed by atoms with Gasteiger partial charge in [0.25, 0.3) is 0 Å². The normalized spacial score (nSPS) is 14.4. The molecule has 0 rings (SSSR count). The average molecular weight is 337 g/mol. The van der Waals surface area contributed by atoms with Gasteiger partial charge in [0.1, 0.15) is 0 Å². The van der Waals surface area contributed by atoms with Gasteiger partial charge in [0.15, 0.2) is 0 Å². The molecule has 0 aliphatic rings. The van der Waals surface area contributed by atoms with Crippen molar-refractivity contribution in [1.82, 2.24) is 4.90 Å². The molecular formula is C16H36NO4P. The Hall–Kier alpha value is 0.0700. The van der Waals surface area contributed by atoms with Gasteiger partial charge in [0.2, 0.25) is 0 Å². The smallest absolute Gasteiger partial charge is 0.296 e. The highest BCUT2D eigenvalue weighted by atomic mass is 31.2. The van der Waals surface area contributed by atoms with E-state index >= 15 is 0 Å². The predicted octanol–water partition coefficient (Wildman–Crippen LogP) is 4.86. The van der Waals surface area contributed by atoms with Gasteiger partial charge >= 0.3 is 7.82 Å². The van der Waals surface area contributed by atoms with E-state index in [1.807, 2.05) is 41.5 Å². The second kappa shape index (κ2) is 8.25. The van der Waals surface area contributed by atoms with Crippen molar-refractivity contribution in [3.63, 3.8) is 0 Å². The van der Waals surface area contributed by atoms with E-state index < -0.39 is 19.0 Å². The van der Waals surface area contributed by atoms with E-state index in [0.29, 0.717) is 25.2 Å². The molecule has 0 heterocycles. The first kappa shape index (κ1) is 22.1. The van der Waals surface area contributed by atoms with Crippen molar-refractivity contribution in [3.05, 3.63) is 0 Å². The fourth-order valence-corrected chi connectivity index (χ4v) is 3.90. The van der Waals surface area contributed by atoms with Gasteiger partial charge < -0.3 is 0 Å². The highest BCUT2D eigenvalue weighted by Gasteiger charge is 2.37. The zero-order valence-electron chi connectivity index (χ0n) is 16.1. The Kier molecular flexibility index (Phi) is 8.28. The first-order chi connectivity index (χ1) is 9.65. The third kappa shape index (κ3) is 9.96. The molecule has 5 nitrogen and oxygen atoms in total. The molecule has 0 aliphatic carbocycles. The lowest BCUT2D eigenvalue weighted by Gasteiger charge is -2.33. The summed E-state index contributed by atoms with van der Waals surface area (Å²) in [5.74, 6) is 0. The Morgan fingerprint density at radius 1 is 0.864 bits per heavy atom. The molecule has 0 aromatic heterocycles. The van der Waals surface area contributed by atoms with Gasteiger partial charge in [-0.15, -0.1) is 0 Å². The first-order valence-corrected chi connectivity index (χ1v) is 9.53. The minimum absolute atomic E-state index is 0.305. The second-order valence-corrected chi connectivity index (χ2v) is 9.63. The summed E-state index contributed by atoms with van der Waals surface area (Å²) in [6, 6.07) is 0.796. The van der Waals surface area contributed by atoms with Crippen LogP contribution in [0.2, 0.25) is 0 Å². The topological polar surface area (TPSA) is 48.0 Å². The first-order valence-electron chi connectivity index (χ1n) is 8.07. The molecule has 0 fully saturated rings. The molecule has 22 heavy (non-hydrogen) atoms. The second-order valence-electron chi connectivity index (χ2n) is 8.11. The van der Waals surface area contributed by atoms with E-state index in [1.54, 1.807) is 0 Å². The molecule has 0 amide bonds. The van der Waals surface area contributed by atoms with Crippen LogP contribution in [0.5, 0.6) is 0 Å². The van der Waals surface area contributed by atoms with E-state index in [-0.39, 0.29) is 0 Å². The summed E-state index contributed by atoms with van der Waals surface area (Å²) in [5.41, 5.74) is -1.20. The van der Waals surface area contributed by atoms with Gasteiger partial charge in [0, 0.05) is 18.6 Å². The molecule has 6 heteroatoms. The summed E-state index contributed by atoms with van der Waals surface area (Å²) in [6.07, 6.45) is 0. The lowest BCUT2D eigenvalue weighted by molar-refractivity contribution is -0.00103. The van der Waals surface area contributed by atoms with Crippen molar-refractivity contribution in [2.45, 2.75) is 92.5 Å². The fourth-order valence-electron chi connectivity index (χ4n) is 2.11. The van der Waals surface area contributed by atoms with Gasteiger partial charge in [-0.1, -0.05) is 0 Å². The van der Waals surface area contributed by atoms with Crippen LogP contribution >= 0.6 is 7.82 Å². The predicted molar refractivity (Wildman–Crippen MR) is 92.2 cm³/mol. The fraction of sp³-hybridized carbons (Fsp3) is 1.00. The lowest BCUT2D eigenvalue weighted by Crippen LogP contribution is -2.39. The lowest BCUT2D eigenvalue weighted by atomic mass is 10.2. The molecule has 0 aromatic carbocycles. The summed E-state index contributed by atoms with van der Waals surface area (Å²) in [5, 5.41) is 0. The van der Waals surface area contributed by atoms with Crippen molar-refractivity contribution in [2.24, 2.45) is 0 Å². The van der Waals surface area contributed by atoms with E-state index in [2.05, 4.69) is 32.6 Å². The molecular weight excluding hydrogens is 301 g/mol. The quantitative estimate of drug-likeness (QED) is 0.592. The van der Waals surface area contributed by atoms with Crippen LogP contribution in [-0.4, -0.2) is 41.3 Å². The van der Waals surface area contributed by atoms with Gasteiger partial charge in [0.05, 0.1) is 17.8 Å². The summed E-state index contributed by atoms with van der Waals surface area (Å²) in [4.78, 5) is 2.28. The van der Waals surface area contributed by atoms with Crippen LogP contribution in [0.4, 0.5) is 0 Å². The molecule has 0 N–H and O–H groups in total. The zero-order valence-corrected chi connectivity index (χ0v) is 17.0. The molecule has 0 unspecified atom stereocenters. The molecule has 0 aromatic rings. The van der Waals surface area contributed by atoms with E-state index in [4.69, 9.17) is 13.6 Å². The van der Waals surface area contributed by atoms with Crippen LogP contribution in [-0.2, 0) is 18.1 Å². The van der Waals surface area contributed by atoms with Crippen LogP contribution < -0.4 is 0 Å². The summed E-state index contributed by atoms with van der Waals surface area (Å²) in [6.45, 7) is 20.6. The molecule has 0 aliphatic heterocycles. The Labute approximate surface area is 137 Å². The van der Waals surface area contributed by atoms with Gasteiger partial charge in [-0.05, 0) is 69.2 Å². The van der Waals surface area contributed by atoms with Gasteiger partial charge in [-0.25, -0.2) is 4.57 Å². The Morgan fingerprint density at radius 3 is 1.50 bits per heavy atom. The third-order valence-electron chi connectivity index (χ3n) is 2.70. The maximum atomic E-state index is 12.9. The minimum atomic E-state index is -3.61. The van der Waals surface area contributed by atoms with Crippen molar-refractivity contribution in [3.8, 4) is 0 Å². The third-order valence-corrected chi connectivity index (χ3v) is 4.74. The summed E-state index contributed by atoms with van der Waals surface area (Å²) in [7, 11) is -3.61. The number of rotatable bonds is 8. The zero-order chi connectivity index (χ0) is 17.8. The SMILES string of the molecule is CC(C)N(CCOP(=O)(OC(C)(C)C)OC(C)(C)C)C(C)C. The van der Waals surface area contributed by atoms with Crippen LogP contribution in [0.1, 0.15) is 69.2 Å². The highest BCUT2D eigenvalue weighted by Crippen LogP contribution is 2.55. The average Bonchev–Trinajstić information content (AvgIpc) is 2.17. The highest BCUT2D eigenvalue weighted by molar-refractivity contribution is 7.48. The number of phosphoric ester groups is 1. The van der Waals surface area contributed by atoms with Crippen molar-refractivity contribution in [2.75, 3.05) is 13.2 Å². The van der Waals surface area contributed by atoms with E-state index in [9.17, 15) is 4.57 Å². The molecule has 0 radical (unpaired) electrons. The molecule has 0 saturated heterocycles. The minimum Gasteiger partial charge on any atom is -0.296 e. The molecule has 0 atom stereocenters. The Balaban J connectivity index is 4.83. The Bertz CT molecular complexity index is 341. The summed E-state index contributed by atoms with van der Waals surface area (Å²) >= 11 is 0. The standard InChI is InChI=1S/C16H36NO4P/c1-13(2)17(14(3)4)11-12-19-22(18,20-15(5,6)7)21-16(8,9)10/h13-14H,11-12H2,1-10H3. The maximum Gasteiger partial charge on any atom is 0.475 e. The van der Waals surface area contributed by atoms with Gasteiger partial charge in [-0.3, -0.25) is 18.5 Å². The summed E-state index contributed by atoms with van der Waals surface area (Å²) < 4.78 is 29.7. The number of hydrogen-bond donors (Lipinski definition) is 0. The van der Waals surface area contributed by atoms with Crippen molar-refractivity contribution < 1.29 is 18.1 Å². The van der Waals surface area contributed by atoms with Crippen molar-refractivity contribution in [1.29, 1.82) is 0 Å². The molecule has 0 spiro atoms. The van der Waals surface area contributed by atoms with E-state index in [0.717, 1.165) is 0 Å². The Morgan fingerprint density at radius 2 is 1.23 bits per heavy atom. The van der Waals surface area contributed by atoms with Crippen molar-refractivity contribution >= 4 is 7.82 Å². The number of nitrogens with zero attached hydrogens (tertiary/aromatic N) is 1. The maximum absolute atomic E-state index is 12.9. The van der Waals surface area contributed by atoms with Crippen LogP contribution in [0, 0.1) is 0 Å². The largest absolute Gasteiger partial charge is 0.475 e. The molecule has 0 saturated carbocycles. The van der Waals surface area contributed by atoms with E-state index in [1.165, 1.54) is 0 Å². The van der Waals surface area contributed by atoms with Crippen LogP contribution in [0.3, 0.4) is 0 Å². The van der Waals surface area contributed by atoms with Crippen LogP contribution in [0.25, 0.3) is 0 Å². The monoisotopic (exact) mass is 337 g/mol. The van der Waals surface area contributed by atoms with Crippen LogP contribution in [0.15, 0.2) is 0 Å². The number of phosphoric acid groups is 1. The molecule has 0 bridgehead atoms. The number of hydrogen-bond acceptors (Lipinski definition) is 5. The van der Waals surface area contributed by atoms with Gasteiger partial charge in [-0.2, -0.15) is 0 Å².